The molecule has 40 heavy (non-hydrogen) atoms. The molecule has 3 aromatic rings. The van der Waals surface area contributed by atoms with Crippen LogP contribution in [0.3, 0.4) is 0 Å². The minimum atomic E-state index is -0.720. The average molecular weight is 527 g/mol. The summed E-state index contributed by atoms with van der Waals surface area (Å²) in [4.78, 5) is 35.3. The van der Waals surface area contributed by atoms with E-state index in [2.05, 4.69) is 28.0 Å². The van der Waals surface area contributed by atoms with E-state index in [4.69, 9.17) is 0 Å². The lowest BCUT2D eigenvalue weighted by atomic mass is 9.77. The van der Waals surface area contributed by atoms with Crippen LogP contribution < -0.4 is 9.80 Å². The maximum atomic E-state index is 14.0. The fourth-order valence-electron chi connectivity index (χ4n) is 6.58. The fourth-order valence-corrected chi connectivity index (χ4v) is 6.58. The number of para-hydroxylation sites is 2. The summed E-state index contributed by atoms with van der Waals surface area (Å²) in [5, 5.41) is 0. The number of carbonyl (C=O) groups is 2. The number of benzene rings is 2. The first kappa shape index (κ1) is 24.3. The number of anilines is 3. The van der Waals surface area contributed by atoms with E-state index < -0.39 is 10.8 Å². The molecule has 4 aliphatic rings. The Morgan fingerprint density at radius 1 is 0.725 bits per heavy atom. The highest BCUT2D eigenvalue weighted by Crippen LogP contribution is 2.59. The van der Waals surface area contributed by atoms with Crippen LogP contribution in [0.1, 0.15) is 39.4 Å². The number of nitrogens with zero attached hydrogens (tertiary/aromatic N) is 4. The van der Waals surface area contributed by atoms with E-state index in [-0.39, 0.29) is 18.0 Å². The second-order valence-corrected chi connectivity index (χ2v) is 11.8. The SMILES string of the molecule is CC1(C)C(=O)N(c2ccccc2)c2c(-c3ccncc3)c3cn(C4N(c5ccccc5)C(=O)C4(C)C)ccc-3c21. The molecule has 0 spiro atoms. The van der Waals surface area contributed by atoms with Gasteiger partial charge in [-0.2, -0.15) is 0 Å². The first-order valence-corrected chi connectivity index (χ1v) is 13.6. The highest BCUT2D eigenvalue weighted by molar-refractivity contribution is 6.20. The number of carbonyl (C=O) groups excluding carboxylic acids is 2. The Bertz CT molecular complexity index is 1740. The molecule has 198 valence electrons. The van der Waals surface area contributed by atoms with Crippen LogP contribution in [0.2, 0.25) is 0 Å². The summed E-state index contributed by atoms with van der Waals surface area (Å²) in [6, 6.07) is 25.8. The fraction of sp³-hybridized carbons (Fsp3) is 0.206. The second kappa shape index (κ2) is 8.39. The van der Waals surface area contributed by atoms with E-state index in [0.29, 0.717) is 0 Å². The van der Waals surface area contributed by atoms with Gasteiger partial charge in [0.25, 0.3) is 0 Å². The number of rotatable bonds is 4. The molecule has 0 N–H and O–H groups in total. The van der Waals surface area contributed by atoms with Crippen LogP contribution in [-0.2, 0) is 15.0 Å². The molecule has 6 nitrogen and oxygen atoms in total. The van der Waals surface area contributed by atoms with Crippen LogP contribution in [0.25, 0.3) is 22.3 Å². The lowest BCUT2D eigenvalue weighted by Crippen LogP contribution is -2.63. The van der Waals surface area contributed by atoms with Gasteiger partial charge in [-0.3, -0.25) is 24.4 Å². The van der Waals surface area contributed by atoms with Crippen LogP contribution in [0, 0.1) is 5.41 Å². The van der Waals surface area contributed by atoms with Gasteiger partial charge in [-0.1, -0.05) is 36.4 Å². The topological polar surface area (TPSA) is 58.4 Å². The molecule has 0 radical (unpaired) electrons. The van der Waals surface area contributed by atoms with Crippen molar-refractivity contribution in [2.75, 3.05) is 9.80 Å². The number of amides is 2. The standard InChI is InChI=1S/C34H30N4O2/c1-33(2)28-25-17-20-36(30-34(3,4)32(40)38(30)24-13-9-6-10-14-24)21-26(25)27(22-15-18-35-19-16-22)29(28)37(31(33)39)23-11-7-5-8-12-23/h5-21,30H,1-4H3. The van der Waals surface area contributed by atoms with E-state index in [9.17, 15) is 9.59 Å². The van der Waals surface area contributed by atoms with Crippen molar-refractivity contribution in [3.8, 4) is 22.3 Å². The smallest absolute Gasteiger partial charge is 0.241 e. The van der Waals surface area contributed by atoms with E-state index >= 15 is 0 Å². The number of pyridine rings is 2. The van der Waals surface area contributed by atoms with Crippen molar-refractivity contribution < 1.29 is 9.59 Å². The minimum absolute atomic E-state index is 0.0543. The Kier molecular flexibility index (Phi) is 5.11. The number of aromatic nitrogens is 2. The predicted molar refractivity (Wildman–Crippen MR) is 158 cm³/mol. The molecular formula is C34H30N4O2. The Labute approximate surface area is 233 Å². The first-order chi connectivity index (χ1) is 19.2. The highest BCUT2D eigenvalue weighted by Gasteiger charge is 2.56. The quantitative estimate of drug-likeness (QED) is 0.233. The summed E-state index contributed by atoms with van der Waals surface area (Å²) in [5.41, 5.74) is 6.46. The molecule has 0 saturated carbocycles. The van der Waals surface area contributed by atoms with Gasteiger partial charge in [0, 0.05) is 47.3 Å². The van der Waals surface area contributed by atoms with Crippen LogP contribution in [-0.4, -0.2) is 21.4 Å². The molecule has 1 saturated heterocycles. The van der Waals surface area contributed by atoms with Gasteiger partial charge in [-0.15, -0.1) is 0 Å². The lowest BCUT2D eigenvalue weighted by Gasteiger charge is -2.53. The highest BCUT2D eigenvalue weighted by atomic mass is 16.2. The van der Waals surface area contributed by atoms with Crippen molar-refractivity contribution in [1.29, 1.82) is 0 Å². The molecule has 4 heterocycles. The van der Waals surface area contributed by atoms with Crippen molar-refractivity contribution in [2.24, 2.45) is 5.41 Å². The van der Waals surface area contributed by atoms with Gasteiger partial charge in [0.1, 0.15) is 6.17 Å². The second-order valence-electron chi connectivity index (χ2n) is 11.8. The summed E-state index contributed by atoms with van der Waals surface area (Å²) in [6.07, 6.45) is 7.59. The third-order valence-electron chi connectivity index (χ3n) is 8.54. The molecule has 1 fully saturated rings. The maximum Gasteiger partial charge on any atom is 0.241 e. The zero-order valence-electron chi connectivity index (χ0n) is 23.0. The van der Waals surface area contributed by atoms with Crippen molar-refractivity contribution in [1.82, 2.24) is 9.55 Å². The Morgan fingerprint density at radius 2 is 1.35 bits per heavy atom. The molecule has 6 heteroatoms. The average Bonchev–Trinajstić information content (AvgIpc) is 3.41. The van der Waals surface area contributed by atoms with Crippen molar-refractivity contribution in [3.63, 3.8) is 0 Å². The lowest BCUT2D eigenvalue weighted by molar-refractivity contribution is -0.140. The Hall–Kier alpha value is -4.71. The van der Waals surface area contributed by atoms with Crippen molar-refractivity contribution in [3.05, 3.63) is 109 Å². The molecule has 7 rings (SSSR count). The third-order valence-corrected chi connectivity index (χ3v) is 8.54. The molecular weight excluding hydrogens is 496 g/mol. The van der Waals surface area contributed by atoms with Crippen LogP contribution >= 0.6 is 0 Å². The van der Waals surface area contributed by atoms with Gasteiger partial charge >= 0.3 is 0 Å². The molecule has 2 aromatic carbocycles. The van der Waals surface area contributed by atoms with Gasteiger partial charge in [-0.25, -0.2) is 0 Å². The summed E-state index contributed by atoms with van der Waals surface area (Å²) < 4.78 is 2.15. The van der Waals surface area contributed by atoms with E-state index in [1.54, 1.807) is 12.4 Å². The van der Waals surface area contributed by atoms with Crippen molar-refractivity contribution in [2.45, 2.75) is 39.3 Å². The molecule has 2 amide bonds. The van der Waals surface area contributed by atoms with Crippen molar-refractivity contribution >= 4 is 28.9 Å². The molecule has 1 atom stereocenters. The Balaban J connectivity index is 1.50. The summed E-state index contributed by atoms with van der Waals surface area (Å²) in [5.74, 6) is 0.149. The van der Waals surface area contributed by atoms with Crippen LogP contribution in [0.5, 0.6) is 0 Å². The van der Waals surface area contributed by atoms with Crippen LogP contribution in [0.15, 0.2) is 104 Å². The maximum absolute atomic E-state index is 14.0. The number of hydrogen-bond donors (Lipinski definition) is 0. The molecule has 1 unspecified atom stereocenters. The number of fused-ring (bicyclic) bond motifs is 3. The predicted octanol–water partition coefficient (Wildman–Crippen LogP) is 7.18. The van der Waals surface area contributed by atoms with Gasteiger partial charge in [0.2, 0.25) is 11.8 Å². The van der Waals surface area contributed by atoms with Gasteiger partial charge in [-0.05, 0) is 86.8 Å². The minimum Gasteiger partial charge on any atom is -0.331 e. The van der Waals surface area contributed by atoms with Gasteiger partial charge in [0.15, 0.2) is 0 Å². The molecule has 3 aliphatic heterocycles. The number of hydrogen-bond acceptors (Lipinski definition) is 3. The zero-order valence-corrected chi connectivity index (χ0v) is 23.0. The van der Waals surface area contributed by atoms with Crippen LogP contribution in [0.4, 0.5) is 17.1 Å². The first-order valence-electron chi connectivity index (χ1n) is 13.6. The van der Waals surface area contributed by atoms with Gasteiger partial charge < -0.3 is 4.57 Å². The van der Waals surface area contributed by atoms with E-state index in [1.165, 1.54) is 0 Å². The third kappa shape index (κ3) is 3.19. The molecule has 0 bridgehead atoms. The summed E-state index contributed by atoms with van der Waals surface area (Å²) in [6.45, 7) is 8.03. The largest absolute Gasteiger partial charge is 0.331 e. The summed E-state index contributed by atoms with van der Waals surface area (Å²) >= 11 is 0. The number of β-lactam (4-membered cyclic amide) rings is 1. The van der Waals surface area contributed by atoms with E-state index in [1.807, 2.05) is 110 Å². The molecule has 1 aliphatic carbocycles. The monoisotopic (exact) mass is 526 g/mol. The van der Waals surface area contributed by atoms with Gasteiger partial charge in [0.05, 0.1) is 16.5 Å². The normalized spacial score (nSPS) is 19.1. The molecule has 1 aromatic heterocycles. The van der Waals surface area contributed by atoms with E-state index in [0.717, 1.165) is 44.9 Å². The summed E-state index contributed by atoms with van der Waals surface area (Å²) in [7, 11) is 0. The zero-order chi connectivity index (χ0) is 27.8. The Morgan fingerprint density at radius 3 is 2.00 bits per heavy atom.